The highest BCUT2D eigenvalue weighted by Gasteiger charge is 2.50. The lowest BCUT2D eigenvalue weighted by molar-refractivity contribution is -0.121. The molecule has 0 aliphatic heterocycles. The Kier molecular flexibility index (Phi) is 2.54. The molecule has 2 rings (SSSR count). The van der Waals surface area contributed by atoms with Crippen molar-refractivity contribution in [3.05, 3.63) is 22.4 Å². The summed E-state index contributed by atoms with van der Waals surface area (Å²) in [6.07, 6.45) is 5.39. The molecule has 16 heavy (non-hydrogen) atoms. The van der Waals surface area contributed by atoms with Gasteiger partial charge in [0, 0.05) is 0 Å². The van der Waals surface area contributed by atoms with Crippen LogP contribution in [-0.4, -0.2) is 13.9 Å². The minimum absolute atomic E-state index is 0.111. The molecular formula is C14H22OSi. The number of hydrogen-bond acceptors (Lipinski definition) is 1. The van der Waals surface area contributed by atoms with E-state index in [9.17, 15) is 4.79 Å². The molecule has 0 aromatic rings. The summed E-state index contributed by atoms with van der Waals surface area (Å²) in [4.78, 5) is 12.7. The molecule has 1 unspecified atom stereocenters. The molecule has 2 heteroatoms. The minimum atomic E-state index is -1.47. The van der Waals surface area contributed by atoms with Crippen LogP contribution in [0.25, 0.3) is 0 Å². The van der Waals surface area contributed by atoms with Gasteiger partial charge in [0.15, 0.2) is 5.78 Å². The normalized spacial score (nSPS) is 30.6. The van der Waals surface area contributed by atoms with E-state index in [1.165, 1.54) is 16.3 Å². The van der Waals surface area contributed by atoms with E-state index >= 15 is 0 Å². The third-order valence-electron chi connectivity index (χ3n) is 4.18. The molecule has 0 saturated heterocycles. The molecule has 0 saturated carbocycles. The molecule has 0 aromatic heterocycles. The second-order valence-corrected chi connectivity index (χ2v) is 11.4. The van der Waals surface area contributed by atoms with Gasteiger partial charge in [-0.05, 0) is 38.3 Å². The summed E-state index contributed by atoms with van der Waals surface area (Å²) in [5.74, 6) is 0.468. The summed E-state index contributed by atoms with van der Waals surface area (Å²) in [6, 6.07) is 0. The topological polar surface area (TPSA) is 17.1 Å². The van der Waals surface area contributed by atoms with E-state index in [1.807, 2.05) is 0 Å². The van der Waals surface area contributed by atoms with Gasteiger partial charge in [0.1, 0.15) is 0 Å². The Balaban J connectivity index is 2.44. The van der Waals surface area contributed by atoms with E-state index in [0.29, 0.717) is 5.78 Å². The van der Waals surface area contributed by atoms with Crippen LogP contribution >= 0.6 is 0 Å². The smallest absolute Gasteiger partial charge is 0.165 e. The SMILES string of the molecule is CC1=CCCC12CC(C)=C([Si](C)(C)C)C2=O. The van der Waals surface area contributed by atoms with Gasteiger partial charge in [0.05, 0.1) is 13.5 Å². The average Bonchev–Trinajstić information content (AvgIpc) is 2.57. The monoisotopic (exact) mass is 234 g/mol. The van der Waals surface area contributed by atoms with Gasteiger partial charge in [-0.1, -0.05) is 36.9 Å². The van der Waals surface area contributed by atoms with Crippen LogP contribution < -0.4 is 0 Å². The highest BCUT2D eigenvalue weighted by atomic mass is 28.3. The number of hydrogen-bond donors (Lipinski definition) is 0. The number of Topliss-reactive ketones (excluding diaryl/α,β-unsaturated/α-hetero) is 1. The Hall–Kier alpha value is -0.633. The number of carbonyl (C=O) groups is 1. The van der Waals surface area contributed by atoms with Crippen LogP contribution in [0.2, 0.25) is 19.6 Å². The van der Waals surface area contributed by atoms with E-state index in [2.05, 4.69) is 39.6 Å². The van der Waals surface area contributed by atoms with Crippen molar-refractivity contribution < 1.29 is 4.79 Å². The van der Waals surface area contributed by atoms with Crippen molar-refractivity contribution in [1.82, 2.24) is 0 Å². The number of rotatable bonds is 1. The highest BCUT2D eigenvalue weighted by Crippen LogP contribution is 2.52. The minimum Gasteiger partial charge on any atom is -0.294 e. The molecule has 2 aliphatic carbocycles. The molecule has 1 spiro atoms. The van der Waals surface area contributed by atoms with E-state index in [0.717, 1.165) is 19.3 Å². The van der Waals surface area contributed by atoms with E-state index < -0.39 is 8.07 Å². The standard InChI is InChI=1S/C14H22OSi/c1-10-9-14(8-6-7-11(14)2)13(15)12(10)16(3,4)5/h7H,6,8-9H2,1-5H3. The molecule has 2 aliphatic rings. The zero-order valence-corrected chi connectivity index (χ0v) is 12.1. The molecule has 1 nitrogen and oxygen atoms in total. The van der Waals surface area contributed by atoms with E-state index in [-0.39, 0.29) is 5.41 Å². The maximum Gasteiger partial charge on any atom is 0.165 e. The largest absolute Gasteiger partial charge is 0.294 e. The third-order valence-corrected chi connectivity index (χ3v) is 6.34. The summed E-state index contributed by atoms with van der Waals surface area (Å²) in [5.41, 5.74) is 2.59. The van der Waals surface area contributed by atoms with Crippen molar-refractivity contribution in [2.45, 2.75) is 52.8 Å². The van der Waals surface area contributed by atoms with Crippen molar-refractivity contribution in [2.24, 2.45) is 5.41 Å². The first-order chi connectivity index (χ1) is 7.29. The Bertz CT molecular complexity index is 409. The summed E-state index contributed by atoms with van der Waals surface area (Å²) in [6.45, 7) is 11.2. The summed E-state index contributed by atoms with van der Waals surface area (Å²) in [7, 11) is -1.47. The second-order valence-electron chi connectivity index (χ2n) is 6.42. The van der Waals surface area contributed by atoms with E-state index in [1.54, 1.807) is 0 Å². The number of carbonyl (C=O) groups excluding carboxylic acids is 1. The van der Waals surface area contributed by atoms with E-state index in [4.69, 9.17) is 0 Å². The van der Waals surface area contributed by atoms with Gasteiger partial charge in [-0.2, -0.15) is 0 Å². The molecule has 0 bridgehead atoms. The van der Waals surface area contributed by atoms with Gasteiger partial charge < -0.3 is 0 Å². The third kappa shape index (κ3) is 1.46. The molecule has 88 valence electrons. The molecule has 0 amide bonds. The second kappa shape index (κ2) is 3.43. The Morgan fingerprint density at radius 2 is 1.88 bits per heavy atom. The maximum absolute atomic E-state index is 12.7. The van der Waals surface area contributed by atoms with Gasteiger partial charge in [-0.15, -0.1) is 0 Å². The van der Waals surface area contributed by atoms with Crippen molar-refractivity contribution in [3.8, 4) is 0 Å². The van der Waals surface area contributed by atoms with Crippen LogP contribution in [0.3, 0.4) is 0 Å². The van der Waals surface area contributed by atoms with Crippen LogP contribution in [0.5, 0.6) is 0 Å². The van der Waals surface area contributed by atoms with Crippen LogP contribution in [0.4, 0.5) is 0 Å². The molecule has 1 atom stereocenters. The number of allylic oxidation sites excluding steroid dienone is 4. The zero-order chi connectivity index (χ0) is 12.1. The summed E-state index contributed by atoms with van der Waals surface area (Å²) in [5, 5.41) is 1.22. The van der Waals surface area contributed by atoms with Gasteiger partial charge in [0.2, 0.25) is 0 Å². The van der Waals surface area contributed by atoms with Crippen LogP contribution in [0.1, 0.15) is 33.1 Å². The lowest BCUT2D eigenvalue weighted by atomic mass is 9.78. The molecular weight excluding hydrogens is 212 g/mol. The maximum atomic E-state index is 12.7. The Morgan fingerprint density at radius 1 is 1.25 bits per heavy atom. The summed E-state index contributed by atoms with van der Waals surface area (Å²) < 4.78 is 0. The predicted octanol–water partition coefficient (Wildman–Crippen LogP) is 3.88. The lowest BCUT2D eigenvalue weighted by Crippen LogP contribution is -2.35. The highest BCUT2D eigenvalue weighted by molar-refractivity contribution is 6.87. The van der Waals surface area contributed by atoms with Crippen molar-refractivity contribution >= 4 is 13.9 Å². The Labute approximate surface area is 99.6 Å². The fourth-order valence-electron chi connectivity index (χ4n) is 3.48. The first kappa shape index (κ1) is 11.8. The van der Waals surface area contributed by atoms with Crippen LogP contribution in [-0.2, 0) is 4.79 Å². The van der Waals surface area contributed by atoms with Crippen molar-refractivity contribution in [3.63, 3.8) is 0 Å². The quantitative estimate of drug-likeness (QED) is 0.497. The predicted molar refractivity (Wildman–Crippen MR) is 71.1 cm³/mol. The molecule has 0 heterocycles. The molecule has 0 fully saturated rings. The Morgan fingerprint density at radius 3 is 2.25 bits per heavy atom. The molecule has 0 radical (unpaired) electrons. The van der Waals surface area contributed by atoms with Gasteiger partial charge in [0.25, 0.3) is 0 Å². The fraction of sp³-hybridized carbons (Fsp3) is 0.643. The molecule has 0 aromatic carbocycles. The lowest BCUT2D eigenvalue weighted by Gasteiger charge is -2.27. The molecule has 0 N–H and O–H groups in total. The average molecular weight is 234 g/mol. The van der Waals surface area contributed by atoms with Crippen molar-refractivity contribution in [2.75, 3.05) is 0 Å². The fourth-order valence-corrected chi connectivity index (χ4v) is 5.77. The van der Waals surface area contributed by atoms with Crippen LogP contribution in [0, 0.1) is 5.41 Å². The number of ketones is 1. The van der Waals surface area contributed by atoms with Gasteiger partial charge in [-0.3, -0.25) is 4.79 Å². The zero-order valence-electron chi connectivity index (χ0n) is 11.1. The first-order valence-corrected chi connectivity index (χ1v) is 9.71. The summed E-state index contributed by atoms with van der Waals surface area (Å²) >= 11 is 0. The van der Waals surface area contributed by atoms with Gasteiger partial charge >= 0.3 is 0 Å². The van der Waals surface area contributed by atoms with Gasteiger partial charge in [-0.25, -0.2) is 0 Å². The first-order valence-electron chi connectivity index (χ1n) is 6.21. The van der Waals surface area contributed by atoms with Crippen LogP contribution in [0.15, 0.2) is 22.4 Å². The van der Waals surface area contributed by atoms with Crippen molar-refractivity contribution in [1.29, 1.82) is 0 Å².